The summed E-state index contributed by atoms with van der Waals surface area (Å²) in [7, 11) is 0. The third-order valence-electron chi connectivity index (χ3n) is 4.71. The van der Waals surface area contributed by atoms with Crippen LogP contribution in [0.3, 0.4) is 0 Å². The number of thiophene rings is 1. The maximum Gasteiger partial charge on any atom is 0.265 e. The van der Waals surface area contributed by atoms with Crippen molar-refractivity contribution in [3.63, 3.8) is 0 Å². The van der Waals surface area contributed by atoms with Crippen LogP contribution in [0.25, 0.3) is 10.1 Å². The molecule has 1 fully saturated rings. The SMILES string of the molecule is O=C(Nc1ccc(C2CCNCC2)cc1)c1cc2c(Cl)cccc2s1. The highest BCUT2D eigenvalue weighted by molar-refractivity contribution is 7.21. The molecule has 2 heterocycles. The van der Waals surface area contributed by atoms with Crippen LogP contribution in [-0.2, 0) is 0 Å². The molecule has 128 valence electrons. The van der Waals surface area contributed by atoms with Gasteiger partial charge in [-0.15, -0.1) is 11.3 Å². The van der Waals surface area contributed by atoms with E-state index >= 15 is 0 Å². The largest absolute Gasteiger partial charge is 0.321 e. The Morgan fingerprint density at radius 3 is 2.60 bits per heavy atom. The second-order valence-electron chi connectivity index (χ2n) is 6.36. The number of piperidine rings is 1. The summed E-state index contributed by atoms with van der Waals surface area (Å²) < 4.78 is 1.03. The van der Waals surface area contributed by atoms with Crippen molar-refractivity contribution < 1.29 is 4.79 Å². The molecule has 0 unspecified atom stereocenters. The predicted molar refractivity (Wildman–Crippen MR) is 106 cm³/mol. The summed E-state index contributed by atoms with van der Waals surface area (Å²) in [5.41, 5.74) is 2.18. The maximum absolute atomic E-state index is 12.5. The smallest absolute Gasteiger partial charge is 0.265 e. The summed E-state index contributed by atoms with van der Waals surface area (Å²) in [5.74, 6) is 0.530. The van der Waals surface area contributed by atoms with E-state index in [1.807, 2.05) is 36.4 Å². The Morgan fingerprint density at radius 1 is 1.12 bits per heavy atom. The van der Waals surface area contributed by atoms with Crippen LogP contribution in [0.15, 0.2) is 48.5 Å². The lowest BCUT2D eigenvalue weighted by Gasteiger charge is -2.23. The number of halogens is 1. The van der Waals surface area contributed by atoms with E-state index in [9.17, 15) is 4.79 Å². The quantitative estimate of drug-likeness (QED) is 0.659. The van der Waals surface area contributed by atoms with E-state index in [1.54, 1.807) is 0 Å². The van der Waals surface area contributed by atoms with Crippen LogP contribution in [0.5, 0.6) is 0 Å². The molecule has 3 aromatic rings. The highest BCUT2D eigenvalue weighted by Gasteiger charge is 2.16. The highest BCUT2D eigenvalue weighted by Crippen LogP contribution is 2.31. The second kappa shape index (κ2) is 7.16. The number of hydrogen-bond acceptors (Lipinski definition) is 3. The average Bonchev–Trinajstić information content (AvgIpc) is 3.09. The summed E-state index contributed by atoms with van der Waals surface area (Å²) in [4.78, 5) is 13.2. The molecule has 0 bridgehead atoms. The molecule has 1 aromatic heterocycles. The lowest BCUT2D eigenvalue weighted by molar-refractivity contribution is 0.103. The lowest BCUT2D eigenvalue weighted by Crippen LogP contribution is -2.26. The zero-order valence-corrected chi connectivity index (χ0v) is 15.3. The van der Waals surface area contributed by atoms with Crippen molar-refractivity contribution >= 4 is 44.6 Å². The molecule has 1 saturated heterocycles. The molecule has 0 radical (unpaired) electrons. The zero-order chi connectivity index (χ0) is 17.2. The molecule has 2 N–H and O–H groups in total. The number of fused-ring (bicyclic) bond motifs is 1. The van der Waals surface area contributed by atoms with Gasteiger partial charge in [-0.1, -0.05) is 29.8 Å². The number of carbonyl (C=O) groups excluding carboxylic acids is 1. The molecule has 3 nitrogen and oxygen atoms in total. The first-order chi connectivity index (χ1) is 12.2. The zero-order valence-electron chi connectivity index (χ0n) is 13.7. The third kappa shape index (κ3) is 3.56. The highest BCUT2D eigenvalue weighted by atomic mass is 35.5. The van der Waals surface area contributed by atoms with Crippen molar-refractivity contribution in [3.8, 4) is 0 Å². The van der Waals surface area contributed by atoms with Crippen LogP contribution < -0.4 is 10.6 Å². The van der Waals surface area contributed by atoms with Gasteiger partial charge in [-0.2, -0.15) is 0 Å². The Bertz CT molecular complexity index is 898. The van der Waals surface area contributed by atoms with E-state index in [2.05, 4.69) is 22.8 Å². The fraction of sp³-hybridized carbons (Fsp3) is 0.250. The molecule has 1 amide bonds. The second-order valence-corrected chi connectivity index (χ2v) is 7.85. The Balaban J connectivity index is 1.49. The van der Waals surface area contributed by atoms with E-state index in [0.29, 0.717) is 15.8 Å². The molecule has 0 saturated carbocycles. The van der Waals surface area contributed by atoms with Gasteiger partial charge in [0, 0.05) is 20.8 Å². The summed E-state index contributed by atoms with van der Waals surface area (Å²) in [6, 6.07) is 15.9. The standard InChI is InChI=1S/C20H19ClN2OS/c21-17-2-1-3-18-16(17)12-19(25-18)20(24)23-15-6-4-13(5-7-15)14-8-10-22-11-9-14/h1-7,12,14,22H,8-11H2,(H,23,24). The molecule has 2 aromatic carbocycles. The van der Waals surface area contributed by atoms with E-state index in [1.165, 1.54) is 29.7 Å². The van der Waals surface area contributed by atoms with Gasteiger partial charge in [0.2, 0.25) is 0 Å². The van der Waals surface area contributed by atoms with Crippen LogP contribution in [-0.4, -0.2) is 19.0 Å². The van der Waals surface area contributed by atoms with Crippen molar-refractivity contribution in [3.05, 3.63) is 64.0 Å². The molecule has 0 spiro atoms. The van der Waals surface area contributed by atoms with Crippen LogP contribution in [0, 0.1) is 0 Å². The van der Waals surface area contributed by atoms with E-state index in [4.69, 9.17) is 11.6 Å². The van der Waals surface area contributed by atoms with Crippen molar-refractivity contribution in [2.24, 2.45) is 0 Å². The van der Waals surface area contributed by atoms with Crippen molar-refractivity contribution in [2.75, 3.05) is 18.4 Å². The minimum absolute atomic E-state index is 0.0908. The van der Waals surface area contributed by atoms with Gasteiger partial charge in [0.1, 0.15) is 0 Å². The van der Waals surface area contributed by atoms with Crippen LogP contribution in [0.1, 0.15) is 34.0 Å². The van der Waals surface area contributed by atoms with Crippen LogP contribution >= 0.6 is 22.9 Å². The summed E-state index contributed by atoms with van der Waals surface area (Å²) in [6.07, 6.45) is 2.35. The van der Waals surface area contributed by atoms with Gasteiger partial charge >= 0.3 is 0 Å². The molecule has 4 rings (SSSR count). The number of nitrogens with one attached hydrogen (secondary N) is 2. The molecular weight excluding hydrogens is 352 g/mol. The first kappa shape index (κ1) is 16.6. The van der Waals surface area contributed by atoms with Gasteiger partial charge < -0.3 is 10.6 Å². The number of hydrogen-bond donors (Lipinski definition) is 2. The van der Waals surface area contributed by atoms with Crippen molar-refractivity contribution in [1.82, 2.24) is 5.32 Å². The number of amides is 1. The first-order valence-electron chi connectivity index (χ1n) is 8.51. The number of carbonyl (C=O) groups is 1. The first-order valence-corrected chi connectivity index (χ1v) is 9.70. The fourth-order valence-electron chi connectivity index (χ4n) is 3.32. The number of rotatable bonds is 3. The molecule has 1 aliphatic heterocycles. The molecule has 1 aliphatic rings. The Morgan fingerprint density at radius 2 is 1.88 bits per heavy atom. The fourth-order valence-corrected chi connectivity index (χ4v) is 4.59. The van der Waals surface area contributed by atoms with Gasteiger partial charge in [-0.25, -0.2) is 0 Å². The molecular formula is C20H19ClN2OS. The average molecular weight is 371 g/mol. The topological polar surface area (TPSA) is 41.1 Å². The van der Waals surface area contributed by atoms with E-state index < -0.39 is 0 Å². The number of benzene rings is 2. The molecule has 0 aliphatic carbocycles. The van der Waals surface area contributed by atoms with E-state index in [0.717, 1.165) is 28.9 Å². The van der Waals surface area contributed by atoms with Crippen LogP contribution in [0.4, 0.5) is 5.69 Å². The van der Waals surface area contributed by atoms with Gasteiger partial charge in [-0.05, 0) is 67.7 Å². The third-order valence-corrected chi connectivity index (χ3v) is 6.14. The van der Waals surface area contributed by atoms with Gasteiger partial charge in [-0.3, -0.25) is 4.79 Å². The Kier molecular flexibility index (Phi) is 4.75. The van der Waals surface area contributed by atoms with Crippen molar-refractivity contribution in [1.29, 1.82) is 0 Å². The number of anilines is 1. The van der Waals surface area contributed by atoms with Gasteiger partial charge in [0.25, 0.3) is 5.91 Å². The monoisotopic (exact) mass is 370 g/mol. The molecule has 5 heteroatoms. The summed E-state index contributed by atoms with van der Waals surface area (Å²) >= 11 is 7.66. The van der Waals surface area contributed by atoms with Crippen molar-refractivity contribution in [2.45, 2.75) is 18.8 Å². The minimum atomic E-state index is -0.0908. The molecule has 0 atom stereocenters. The summed E-state index contributed by atoms with van der Waals surface area (Å²) in [5, 5.41) is 7.99. The Hall–Kier alpha value is -1.88. The van der Waals surface area contributed by atoms with Gasteiger partial charge in [0.05, 0.1) is 4.88 Å². The summed E-state index contributed by atoms with van der Waals surface area (Å²) in [6.45, 7) is 2.16. The van der Waals surface area contributed by atoms with Gasteiger partial charge in [0.15, 0.2) is 0 Å². The lowest BCUT2D eigenvalue weighted by atomic mass is 9.90. The predicted octanol–water partition coefficient (Wildman–Crippen LogP) is 5.27. The van der Waals surface area contributed by atoms with Crippen LogP contribution in [0.2, 0.25) is 5.02 Å². The molecule has 25 heavy (non-hydrogen) atoms. The normalized spacial score (nSPS) is 15.4. The Labute approximate surface area is 156 Å². The maximum atomic E-state index is 12.5. The van der Waals surface area contributed by atoms with E-state index in [-0.39, 0.29) is 5.91 Å². The minimum Gasteiger partial charge on any atom is -0.321 e.